The van der Waals surface area contributed by atoms with Crippen molar-refractivity contribution in [1.82, 2.24) is 4.98 Å². The number of ether oxygens (including phenoxy) is 1. The summed E-state index contributed by atoms with van der Waals surface area (Å²) in [5.74, 6) is 1.54. The third kappa shape index (κ3) is 2.05. The number of nitrogens with zero attached hydrogens (tertiary/aromatic N) is 1. The summed E-state index contributed by atoms with van der Waals surface area (Å²) in [5, 5.41) is 3.36. The number of hydrogen-bond donors (Lipinski definition) is 1. The monoisotopic (exact) mass is 190 g/mol. The zero-order valence-corrected chi connectivity index (χ0v) is 8.23. The van der Waals surface area contributed by atoms with Gasteiger partial charge in [0.25, 0.3) is 0 Å². The number of rotatable bonds is 3. The van der Waals surface area contributed by atoms with Gasteiger partial charge < -0.3 is 10.1 Å². The Bertz CT molecular complexity index is 328. The van der Waals surface area contributed by atoms with E-state index in [-0.39, 0.29) is 0 Å². The van der Waals surface area contributed by atoms with Crippen LogP contribution in [-0.2, 0) is 0 Å². The Morgan fingerprint density at radius 3 is 2.86 bits per heavy atom. The SMILES string of the molecule is COc1cccc(NC2CC=CC2)n1. The number of hydrogen-bond acceptors (Lipinski definition) is 3. The van der Waals surface area contributed by atoms with Crippen molar-refractivity contribution in [1.29, 1.82) is 0 Å². The van der Waals surface area contributed by atoms with Crippen molar-refractivity contribution in [2.75, 3.05) is 12.4 Å². The second kappa shape index (κ2) is 4.13. The second-order valence-electron chi connectivity index (χ2n) is 3.35. The minimum Gasteiger partial charge on any atom is -0.481 e. The Morgan fingerprint density at radius 1 is 1.36 bits per heavy atom. The quantitative estimate of drug-likeness (QED) is 0.742. The molecule has 0 fully saturated rings. The van der Waals surface area contributed by atoms with Crippen LogP contribution in [0.15, 0.2) is 30.4 Å². The summed E-state index contributed by atoms with van der Waals surface area (Å²) in [6.45, 7) is 0. The number of aromatic nitrogens is 1. The van der Waals surface area contributed by atoms with Gasteiger partial charge in [-0.3, -0.25) is 0 Å². The van der Waals surface area contributed by atoms with E-state index in [1.807, 2.05) is 18.2 Å². The molecule has 0 radical (unpaired) electrons. The van der Waals surface area contributed by atoms with Crippen LogP contribution in [0, 0.1) is 0 Å². The van der Waals surface area contributed by atoms with Crippen molar-refractivity contribution in [3.63, 3.8) is 0 Å². The Kier molecular flexibility index (Phi) is 2.68. The van der Waals surface area contributed by atoms with E-state index in [1.54, 1.807) is 7.11 Å². The molecule has 14 heavy (non-hydrogen) atoms. The molecule has 3 nitrogen and oxygen atoms in total. The maximum absolute atomic E-state index is 5.05. The lowest BCUT2D eigenvalue weighted by Gasteiger charge is -2.12. The molecule has 3 heteroatoms. The number of methoxy groups -OCH3 is 1. The third-order valence-corrected chi connectivity index (χ3v) is 2.29. The van der Waals surface area contributed by atoms with Gasteiger partial charge in [0.2, 0.25) is 5.88 Å². The van der Waals surface area contributed by atoms with Gasteiger partial charge in [0.1, 0.15) is 5.82 Å². The molecule has 0 spiro atoms. The predicted octanol–water partition coefficient (Wildman–Crippen LogP) is 2.22. The Morgan fingerprint density at radius 2 is 2.14 bits per heavy atom. The Labute approximate surface area is 83.8 Å². The molecular weight excluding hydrogens is 176 g/mol. The van der Waals surface area contributed by atoms with Crippen molar-refractivity contribution in [3.8, 4) is 5.88 Å². The molecule has 2 rings (SSSR count). The van der Waals surface area contributed by atoms with Crippen molar-refractivity contribution in [2.24, 2.45) is 0 Å². The predicted molar refractivity (Wildman–Crippen MR) is 56.6 cm³/mol. The van der Waals surface area contributed by atoms with Gasteiger partial charge in [-0.05, 0) is 18.9 Å². The first-order chi connectivity index (χ1) is 6.88. The van der Waals surface area contributed by atoms with E-state index >= 15 is 0 Å². The molecule has 1 N–H and O–H groups in total. The van der Waals surface area contributed by atoms with Crippen molar-refractivity contribution >= 4 is 5.82 Å². The first-order valence-electron chi connectivity index (χ1n) is 4.81. The summed E-state index contributed by atoms with van der Waals surface area (Å²) in [6, 6.07) is 6.24. The molecule has 1 aliphatic carbocycles. The van der Waals surface area contributed by atoms with Gasteiger partial charge in [-0.2, -0.15) is 4.98 Å². The highest BCUT2D eigenvalue weighted by atomic mass is 16.5. The van der Waals surface area contributed by atoms with E-state index in [0.717, 1.165) is 18.7 Å². The highest BCUT2D eigenvalue weighted by molar-refractivity contribution is 5.38. The molecule has 0 atom stereocenters. The van der Waals surface area contributed by atoms with Crippen LogP contribution in [0.4, 0.5) is 5.82 Å². The Balaban J connectivity index is 2.01. The van der Waals surface area contributed by atoms with E-state index < -0.39 is 0 Å². The van der Waals surface area contributed by atoms with Gasteiger partial charge >= 0.3 is 0 Å². The average molecular weight is 190 g/mol. The van der Waals surface area contributed by atoms with Crippen LogP contribution < -0.4 is 10.1 Å². The smallest absolute Gasteiger partial charge is 0.214 e. The summed E-state index contributed by atoms with van der Waals surface area (Å²) in [6.07, 6.45) is 6.55. The zero-order chi connectivity index (χ0) is 9.80. The maximum Gasteiger partial charge on any atom is 0.214 e. The Hall–Kier alpha value is -1.51. The maximum atomic E-state index is 5.05. The highest BCUT2D eigenvalue weighted by Gasteiger charge is 2.10. The van der Waals surface area contributed by atoms with Gasteiger partial charge in [0.05, 0.1) is 7.11 Å². The summed E-state index contributed by atoms with van der Waals surface area (Å²) < 4.78 is 5.05. The number of anilines is 1. The summed E-state index contributed by atoms with van der Waals surface area (Å²) in [7, 11) is 1.63. The van der Waals surface area contributed by atoms with E-state index in [9.17, 15) is 0 Å². The molecule has 0 unspecified atom stereocenters. The molecule has 0 bridgehead atoms. The van der Waals surface area contributed by atoms with E-state index in [1.165, 1.54) is 0 Å². The van der Waals surface area contributed by atoms with Crippen LogP contribution in [0.25, 0.3) is 0 Å². The van der Waals surface area contributed by atoms with E-state index in [4.69, 9.17) is 4.74 Å². The molecule has 0 aromatic carbocycles. The van der Waals surface area contributed by atoms with E-state index in [2.05, 4.69) is 22.5 Å². The fourth-order valence-electron chi connectivity index (χ4n) is 1.55. The summed E-state index contributed by atoms with van der Waals surface area (Å²) >= 11 is 0. The van der Waals surface area contributed by atoms with Crippen LogP contribution in [0.1, 0.15) is 12.8 Å². The molecule has 1 aromatic heterocycles. The number of pyridine rings is 1. The van der Waals surface area contributed by atoms with Crippen LogP contribution in [0.3, 0.4) is 0 Å². The first kappa shape index (κ1) is 9.06. The lowest BCUT2D eigenvalue weighted by Crippen LogP contribution is -2.15. The lowest BCUT2D eigenvalue weighted by atomic mass is 10.2. The molecule has 74 valence electrons. The molecule has 0 aliphatic heterocycles. The van der Waals surface area contributed by atoms with Gasteiger partial charge in [-0.15, -0.1) is 0 Å². The van der Waals surface area contributed by atoms with Crippen LogP contribution >= 0.6 is 0 Å². The zero-order valence-electron chi connectivity index (χ0n) is 8.23. The molecular formula is C11H14N2O. The largest absolute Gasteiger partial charge is 0.481 e. The van der Waals surface area contributed by atoms with Gasteiger partial charge in [-0.1, -0.05) is 18.2 Å². The molecule has 0 amide bonds. The normalized spacial score (nSPS) is 15.8. The fourth-order valence-corrected chi connectivity index (χ4v) is 1.55. The summed E-state index contributed by atoms with van der Waals surface area (Å²) in [5.41, 5.74) is 0. The van der Waals surface area contributed by atoms with Crippen molar-refractivity contribution in [2.45, 2.75) is 18.9 Å². The molecule has 0 saturated carbocycles. The topological polar surface area (TPSA) is 34.1 Å². The summed E-state index contributed by atoms with van der Waals surface area (Å²) in [4.78, 5) is 4.29. The van der Waals surface area contributed by atoms with Crippen LogP contribution in [0.5, 0.6) is 5.88 Å². The molecule has 0 saturated heterocycles. The van der Waals surface area contributed by atoms with Crippen molar-refractivity contribution < 1.29 is 4.74 Å². The average Bonchev–Trinajstić information content (AvgIpc) is 2.71. The molecule has 1 aromatic rings. The number of nitrogens with one attached hydrogen (secondary N) is 1. The fraction of sp³-hybridized carbons (Fsp3) is 0.364. The van der Waals surface area contributed by atoms with Gasteiger partial charge in [0, 0.05) is 12.1 Å². The minimum atomic E-state index is 0.495. The van der Waals surface area contributed by atoms with E-state index in [0.29, 0.717) is 11.9 Å². The first-order valence-corrected chi connectivity index (χ1v) is 4.81. The standard InChI is InChI=1S/C11H14N2O/c1-14-11-8-4-7-10(13-11)12-9-5-2-3-6-9/h2-4,7-9H,5-6H2,1H3,(H,12,13). The lowest BCUT2D eigenvalue weighted by molar-refractivity contribution is 0.398. The highest BCUT2D eigenvalue weighted by Crippen LogP contribution is 2.17. The van der Waals surface area contributed by atoms with Crippen LogP contribution in [0.2, 0.25) is 0 Å². The minimum absolute atomic E-state index is 0.495. The van der Waals surface area contributed by atoms with Gasteiger partial charge in [-0.25, -0.2) is 0 Å². The van der Waals surface area contributed by atoms with Crippen molar-refractivity contribution in [3.05, 3.63) is 30.4 Å². The second-order valence-corrected chi connectivity index (χ2v) is 3.35. The third-order valence-electron chi connectivity index (χ3n) is 2.29. The van der Waals surface area contributed by atoms with Gasteiger partial charge in [0.15, 0.2) is 0 Å². The molecule has 1 heterocycles. The molecule has 1 aliphatic rings. The van der Waals surface area contributed by atoms with Crippen LogP contribution in [-0.4, -0.2) is 18.1 Å².